The normalized spacial score (nSPS) is 22.4. The Balaban J connectivity index is 1.42. The van der Waals surface area contributed by atoms with E-state index < -0.39 is 23.7 Å². The Morgan fingerprint density at radius 2 is 1.86 bits per heavy atom. The van der Waals surface area contributed by atoms with Gasteiger partial charge in [-0.05, 0) is 70.1 Å². The minimum atomic E-state index is -4.50. The summed E-state index contributed by atoms with van der Waals surface area (Å²) in [5, 5.41) is 10.8. The summed E-state index contributed by atoms with van der Waals surface area (Å²) in [7, 11) is 0. The van der Waals surface area contributed by atoms with E-state index in [1.807, 2.05) is 39.0 Å². The molecule has 2 heterocycles. The van der Waals surface area contributed by atoms with E-state index in [1.54, 1.807) is 6.07 Å². The summed E-state index contributed by atoms with van der Waals surface area (Å²) in [5.74, 6) is -0.384. The zero-order valence-corrected chi connectivity index (χ0v) is 20.9. The molecule has 2 aromatic rings. The van der Waals surface area contributed by atoms with E-state index in [2.05, 4.69) is 20.4 Å². The predicted octanol–water partition coefficient (Wildman–Crippen LogP) is 5.59. The van der Waals surface area contributed by atoms with E-state index in [1.165, 1.54) is 4.57 Å². The Kier molecular flexibility index (Phi) is 7.33. The molecule has 35 heavy (non-hydrogen) atoms. The predicted molar refractivity (Wildman–Crippen MR) is 125 cm³/mol. The molecule has 11 heteroatoms. The second kappa shape index (κ2) is 9.97. The molecule has 1 saturated carbocycles. The van der Waals surface area contributed by atoms with Crippen LogP contribution >= 0.6 is 11.6 Å². The van der Waals surface area contributed by atoms with Crippen LogP contribution in [0.3, 0.4) is 0 Å². The number of nitrogens with zero attached hydrogens (tertiary/aromatic N) is 4. The van der Waals surface area contributed by atoms with Crippen molar-refractivity contribution < 1.29 is 22.7 Å². The van der Waals surface area contributed by atoms with Crippen molar-refractivity contribution in [1.82, 2.24) is 25.0 Å². The van der Waals surface area contributed by atoms with Crippen LogP contribution in [0.1, 0.15) is 69.7 Å². The fraction of sp³-hybridized carbons (Fsp3) is 0.625. The average molecular weight is 514 g/mol. The van der Waals surface area contributed by atoms with Gasteiger partial charge in [-0.2, -0.15) is 13.2 Å². The third-order valence-electron chi connectivity index (χ3n) is 6.65. The van der Waals surface area contributed by atoms with Crippen LogP contribution in [-0.4, -0.2) is 43.9 Å². The van der Waals surface area contributed by atoms with E-state index in [0.29, 0.717) is 23.9 Å². The SMILES string of the molecule is CC(C)(C)OC(=O)NC(c1cccc(Cl)c1)C1CCC(N2CCn3c(nnc3C(F)(F)F)C2)CC1. The zero-order valence-electron chi connectivity index (χ0n) is 20.1. The molecule has 1 aromatic heterocycles. The van der Waals surface area contributed by atoms with E-state index in [4.69, 9.17) is 16.3 Å². The van der Waals surface area contributed by atoms with Crippen molar-refractivity contribution in [2.45, 2.75) is 83.4 Å². The third kappa shape index (κ3) is 6.27. The lowest BCUT2D eigenvalue weighted by Crippen LogP contribution is -2.45. The van der Waals surface area contributed by atoms with Crippen molar-refractivity contribution in [2.24, 2.45) is 5.92 Å². The molecule has 1 fully saturated rings. The number of ether oxygens (including phenoxy) is 1. The summed E-state index contributed by atoms with van der Waals surface area (Å²) in [5.41, 5.74) is 0.319. The molecule has 1 N–H and O–H groups in total. The first-order valence-corrected chi connectivity index (χ1v) is 12.3. The molecule has 4 rings (SSSR count). The molecular weight excluding hydrogens is 483 g/mol. The van der Waals surface area contributed by atoms with Crippen LogP contribution in [0.15, 0.2) is 24.3 Å². The van der Waals surface area contributed by atoms with Gasteiger partial charge in [0, 0.05) is 24.2 Å². The van der Waals surface area contributed by atoms with Gasteiger partial charge in [-0.25, -0.2) is 4.79 Å². The van der Waals surface area contributed by atoms with Crippen LogP contribution in [0.25, 0.3) is 0 Å². The summed E-state index contributed by atoms with van der Waals surface area (Å²) in [6, 6.07) is 7.48. The summed E-state index contributed by atoms with van der Waals surface area (Å²) < 4.78 is 46.1. The molecule has 0 saturated heterocycles. The molecule has 0 spiro atoms. The maximum Gasteiger partial charge on any atom is 0.451 e. The first kappa shape index (κ1) is 25.8. The molecular formula is C24H31ClF3N5O2. The second-order valence-electron chi connectivity index (χ2n) is 10.3. The fourth-order valence-corrected chi connectivity index (χ4v) is 5.30. The maximum atomic E-state index is 13.1. The molecule has 1 unspecified atom stereocenters. The Morgan fingerprint density at radius 3 is 2.49 bits per heavy atom. The topological polar surface area (TPSA) is 72.3 Å². The number of alkyl halides is 3. The molecule has 7 nitrogen and oxygen atoms in total. The van der Waals surface area contributed by atoms with Crippen LogP contribution in [-0.2, 0) is 24.0 Å². The van der Waals surface area contributed by atoms with Gasteiger partial charge in [0.25, 0.3) is 0 Å². The van der Waals surface area contributed by atoms with Gasteiger partial charge in [0.05, 0.1) is 12.6 Å². The molecule has 0 radical (unpaired) electrons. The summed E-state index contributed by atoms with van der Waals surface area (Å²) in [4.78, 5) is 14.8. The van der Waals surface area contributed by atoms with Gasteiger partial charge in [0.15, 0.2) is 0 Å². The first-order chi connectivity index (χ1) is 16.4. The Hall–Kier alpha value is -2.33. The highest BCUT2D eigenvalue weighted by atomic mass is 35.5. The minimum absolute atomic E-state index is 0.183. The van der Waals surface area contributed by atoms with Gasteiger partial charge in [-0.15, -0.1) is 10.2 Å². The van der Waals surface area contributed by atoms with Crippen molar-refractivity contribution in [3.63, 3.8) is 0 Å². The van der Waals surface area contributed by atoms with Crippen molar-refractivity contribution in [1.29, 1.82) is 0 Å². The average Bonchev–Trinajstić information content (AvgIpc) is 3.20. The molecule has 2 aliphatic rings. The highest BCUT2D eigenvalue weighted by Gasteiger charge is 2.40. The summed E-state index contributed by atoms with van der Waals surface area (Å²) in [6.45, 7) is 6.57. The highest BCUT2D eigenvalue weighted by Crippen LogP contribution is 2.38. The number of benzene rings is 1. The minimum Gasteiger partial charge on any atom is -0.444 e. The number of hydrogen-bond donors (Lipinski definition) is 1. The lowest BCUT2D eigenvalue weighted by molar-refractivity contribution is -0.148. The summed E-state index contributed by atoms with van der Waals surface area (Å²) in [6.07, 6.45) is -1.51. The number of rotatable bonds is 4. The lowest BCUT2D eigenvalue weighted by atomic mass is 9.78. The van der Waals surface area contributed by atoms with Gasteiger partial charge in [0.1, 0.15) is 11.4 Å². The van der Waals surface area contributed by atoms with Gasteiger partial charge in [-0.1, -0.05) is 23.7 Å². The largest absolute Gasteiger partial charge is 0.451 e. The number of hydrogen-bond acceptors (Lipinski definition) is 5. The molecule has 1 aliphatic carbocycles. The van der Waals surface area contributed by atoms with Gasteiger partial charge < -0.3 is 14.6 Å². The standard InChI is InChI=1S/C24H31ClF3N5O2/c1-23(2,3)35-22(34)29-20(16-5-4-6-17(25)13-16)15-7-9-18(10-8-15)32-11-12-33-19(14-32)30-31-21(33)24(26,27)28/h4-6,13,15,18,20H,7-12,14H2,1-3H3,(H,29,34). The molecule has 1 aliphatic heterocycles. The van der Waals surface area contributed by atoms with E-state index in [9.17, 15) is 18.0 Å². The Morgan fingerprint density at radius 1 is 1.14 bits per heavy atom. The maximum absolute atomic E-state index is 13.1. The van der Waals surface area contributed by atoms with Crippen molar-refractivity contribution >= 4 is 17.7 Å². The molecule has 1 atom stereocenters. The third-order valence-corrected chi connectivity index (χ3v) is 6.88. The van der Waals surface area contributed by atoms with Crippen LogP contribution in [0, 0.1) is 5.92 Å². The van der Waals surface area contributed by atoms with Crippen molar-refractivity contribution in [2.75, 3.05) is 6.54 Å². The highest BCUT2D eigenvalue weighted by molar-refractivity contribution is 6.30. The monoisotopic (exact) mass is 513 g/mol. The molecule has 1 aromatic carbocycles. The number of fused-ring (bicyclic) bond motifs is 1. The van der Waals surface area contributed by atoms with E-state index in [0.717, 1.165) is 31.2 Å². The van der Waals surface area contributed by atoms with Crippen molar-refractivity contribution in [3.05, 3.63) is 46.5 Å². The first-order valence-electron chi connectivity index (χ1n) is 11.9. The molecule has 1 amide bonds. The molecule has 0 bridgehead atoms. The van der Waals surface area contributed by atoms with Gasteiger partial charge in [0.2, 0.25) is 5.82 Å². The number of carbonyl (C=O) groups is 1. The smallest absolute Gasteiger partial charge is 0.444 e. The lowest BCUT2D eigenvalue weighted by Gasteiger charge is -2.41. The van der Waals surface area contributed by atoms with Gasteiger partial charge >= 0.3 is 12.3 Å². The van der Waals surface area contributed by atoms with E-state index in [-0.39, 0.29) is 24.5 Å². The second-order valence-corrected chi connectivity index (χ2v) is 10.7. The fourth-order valence-electron chi connectivity index (χ4n) is 5.11. The number of nitrogens with one attached hydrogen (secondary N) is 1. The van der Waals surface area contributed by atoms with E-state index >= 15 is 0 Å². The number of halogens is 4. The molecule has 192 valence electrons. The number of carbonyl (C=O) groups excluding carboxylic acids is 1. The Labute approximate surface area is 208 Å². The van der Waals surface area contributed by atoms with Crippen LogP contribution < -0.4 is 5.32 Å². The van der Waals surface area contributed by atoms with Crippen LogP contribution in [0.5, 0.6) is 0 Å². The van der Waals surface area contributed by atoms with Crippen LogP contribution in [0.2, 0.25) is 5.02 Å². The number of aromatic nitrogens is 3. The summed E-state index contributed by atoms with van der Waals surface area (Å²) >= 11 is 6.23. The van der Waals surface area contributed by atoms with Gasteiger partial charge in [-0.3, -0.25) is 4.90 Å². The Bertz CT molecular complexity index is 1040. The van der Waals surface area contributed by atoms with Crippen molar-refractivity contribution in [3.8, 4) is 0 Å². The zero-order chi connectivity index (χ0) is 25.4. The number of alkyl carbamates (subject to hydrolysis) is 1. The quantitative estimate of drug-likeness (QED) is 0.577. The number of amides is 1. The van der Waals surface area contributed by atoms with Crippen LogP contribution in [0.4, 0.5) is 18.0 Å².